The summed E-state index contributed by atoms with van der Waals surface area (Å²) < 4.78 is 5.81. The summed E-state index contributed by atoms with van der Waals surface area (Å²) in [5.74, 6) is 1.16. The van der Waals surface area contributed by atoms with Gasteiger partial charge < -0.3 is 4.74 Å². The highest BCUT2D eigenvalue weighted by atomic mass is 79.9. The molecule has 0 saturated heterocycles. The number of rotatable bonds is 5. The summed E-state index contributed by atoms with van der Waals surface area (Å²) in [5, 5.41) is 10.7. The third kappa shape index (κ3) is 3.35. The van der Waals surface area contributed by atoms with Gasteiger partial charge in [-0.2, -0.15) is 0 Å². The van der Waals surface area contributed by atoms with E-state index in [2.05, 4.69) is 15.9 Å². The number of ether oxygens (including phenoxy) is 1. The molecule has 0 aromatic heterocycles. The van der Waals surface area contributed by atoms with Gasteiger partial charge in [-0.1, -0.05) is 13.0 Å². The van der Waals surface area contributed by atoms with Gasteiger partial charge in [0, 0.05) is 17.9 Å². The zero-order chi connectivity index (χ0) is 12.1. The van der Waals surface area contributed by atoms with Gasteiger partial charge in [-0.15, -0.1) is 11.6 Å². The SMILES string of the molecule is CC(CCl)COc1cccc([N+](=O)[O-])c1Br. The maximum atomic E-state index is 10.7. The lowest BCUT2D eigenvalue weighted by atomic mass is 10.2. The second kappa shape index (κ2) is 6.06. The Hall–Kier alpha value is -0.810. The number of nitrogens with zero attached hydrogens (tertiary/aromatic N) is 1. The van der Waals surface area contributed by atoms with E-state index < -0.39 is 4.92 Å². The zero-order valence-electron chi connectivity index (χ0n) is 8.65. The molecular weight excluding hydrogens is 297 g/mol. The normalized spacial score (nSPS) is 12.2. The van der Waals surface area contributed by atoms with Gasteiger partial charge >= 0.3 is 0 Å². The number of hydrogen-bond acceptors (Lipinski definition) is 3. The van der Waals surface area contributed by atoms with Crippen LogP contribution >= 0.6 is 27.5 Å². The molecule has 6 heteroatoms. The summed E-state index contributed by atoms with van der Waals surface area (Å²) in [6, 6.07) is 4.68. The molecule has 1 aromatic carbocycles. The molecule has 88 valence electrons. The average molecular weight is 309 g/mol. The first-order chi connectivity index (χ1) is 7.56. The second-order valence-electron chi connectivity index (χ2n) is 3.42. The molecule has 1 rings (SSSR count). The van der Waals surface area contributed by atoms with Crippen molar-refractivity contribution in [2.45, 2.75) is 6.92 Å². The van der Waals surface area contributed by atoms with Crippen molar-refractivity contribution in [3.63, 3.8) is 0 Å². The predicted octanol–water partition coefficient (Wildman–Crippen LogP) is 3.61. The van der Waals surface area contributed by atoms with Crippen LogP contribution in [-0.4, -0.2) is 17.4 Å². The minimum Gasteiger partial charge on any atom is -0.492 e. The van der Waals surface area contributed by atoms with Crippen LogP contribution in [0.15, 0.2) is 22.7 Å². The molecule has 0 bridgehead atoms. The van der Waals surface area contributed by atoms with Crippen LogP contribution in [0, 0.1) is 16.0 Å². The standard InChI is InChI=1S/C10H11BrClNO3/c1-7(5-12)6-16-9-4-2-3-8(10(9)11)13(14)15/h2-4,7H,5-6H2,1H3. The van der Waals surface area contributed by atoms with Crippen molar-refractivity contribution in [1.82, 2.24) is 0 Å². The van der Waals surface area contributed by atoms with E-state index in [0.29, 0.717) is 22.7 Å². The summed E-state index contributed by atoms with van der Waals surface area (Å²) >= 11 is 8.79. The van der Waals surface area contributed by atoms with Crippen molar-refractivity contribution < 1.29 is 9.66 Å². The van der Waals surface area contributed by atoms with E-state index >= 15 is 0 Å². The summed E-state index contributed by atoms with van der Waals surface area (Å²) in [5.41, 5.74) is -0.00368. The first-order valence-electron chi connectivity index (χ1n) is 4.68. The molecule has 1 atom stereocenters. The van der Waals surface area contributed by atoms with Gasteiger partial charge in [-0.25, -0.2) is 0 Å². The van der Waals surface area contributed by atoms with Crippen LogP contribution in [0.5, 0.6) is 5.75 Å². The quantitative estimate of drug-likeness (QED) is 0.474. The van der Waals surface area contributed by atoms with Gasteiger partial charge in [0.05, 0.1) is 11.5 Å². The molecule has 0 spiro atoms. The molecule has 0 radical (unpaired) electrons. The lowest BCUT2D eigenvalue weighted by molar-refractivity contribution is -0.385. The molecule has 16 heavy (non-hydrogen) atoms. The lowest BCUT2D eigenvalue weighted by Crippen LogP contribution is -2.10. The average Bonchev–Trinajstić information content (AvgIpc) is 2.26. The van der Waals surface area contributed by atoms with E-state index in [4.69, 9.17) is 16.3 Å². The molecule has 1 unspecified atom stereocenters. The van der Waals surface area contributed by atoms with E-state index in [0.717, 1.165) is 0 Å². The second-order valence-corrected chi connectivity index (χ2v) is 4.52. The van der Waals surface area contributed by atoms with Crippen molar-refractivity contribution in [3.8, 4) is 5.75 Å². The van der Waals surface area contributed by atoms with E-state index in [1.54, 1.807) is 12.1 Å². The Labute approximate surface area is 107 Å². The Morgan fingerprint density at radius 3 is 2.88 bits per heavy atom. The van der Waals surface area contributed by atoms with Gasteiger partial charge in [0.2, 0.25) is 0 Å². The molecule has 0 amide bonds. The summed E-state index contributed by atoms with van der Waals surface area (Å²) in [6.07, 6.45) is 0. The predicted molar refractivity (Wildman–Crippen MR) is 66.2 cm³/mol. The van der Waals surface area contributed by atoms with Gasteiger partial charge in [-0.3, -0.25) is 10.1 Å². The molecule has 1 aromatic rings. The maximum absolute atomic E-state index is 10.7. The highest BCUT2D eigenvalue weighted by Gasteiger charge is 2.16. The molecule has 0 N–H and O–H groups in total. The van der Waals surface area contributed by atoms with E-state index in [9.17, 15) is 10.1 Å². The number of halogens is 2. The molecular formula is C10H11BrClNO3. The molecule has 0 aliphatic heterocycles. The Kier molecular flexibility index (Phi) is 5.02. The largest absolute Gasteiger partial charge is 0.492 e. The molecule has 0 aliphatic rings. The minimum absolute atomic E-state index is 0.00368. The highest BCUT2D eigenvalue weighted by Crippen LogP contribution is 2.33. The van der Waals surface area contributed by atoms with Crippen molar-refractivity contribution in [3.05, 3.63) is 32.8 Å². The first kappa shape index (κ1) is 13.3. The number of nitro benzene ring substituents is 1. The Balaban J connectivity index is 2.81. The van der Waals surface area contributed by atoms with Crippen molar-refractivity contribution >= 4 is 33.2 Å². The first-order valence-corrected chi connectivity index (χ1v) is 6.00. The fourth-order valence-corrected chi connectivity index (χ4v) is 1.64. The monoisotopic (exact) mass is 307 g/mol. The Morgan fingerprint density at radius 1 is 1.62 bits per heavy atom. The number of hydrogen-bond donors (Lipinski definition) is 0. The third-order valence-corrected chi connectivity index (χ3v) is 3.25. The Morgan fingerprint density at radius 2 is 2.31 bits per heavy atom. The van der Waals surface area contributed by atoms with Crippen LogP contribution < -0.4 is 4.74 Å². The highest BCUT2D eigenvalue weighted by molar-refractivity contribution is 9.10. The van der Waals surface area contributed by atoms with Crippen LogP contribution in [0.1, 0.15) is 6.92 Å². The summed E-state index contributed by atoms with van der Waals surface area (Å²) in [4.78, 5) is 10.2. The number of benzene rings is 1. The minimum atomic E-state index is -0.456. The van der Waals surface area contributed by atoms with Crippen molar-refractivity contribution in [2.75, 3.05) is 12.5 Å². The fourth-order valence-electron chi connectivity index (χ4n) is 1.03. The van der Waals surface area contributed by atoms with Crippen LogP contribution in [0.25, 0.3) is 0 Å². The van der Waals surface area contributed by atoms with E-state index in [1.807, 2.05) is 6.92 Å². The molecule has 4 nitrogen and oxygen atoms in total. The van der Waals surface area contributed by atoms with Gasteiger partial charge in [-0.05, 0) is 22.0 Å². The topological polar surface area (TPSA) is 52.4 Å². The summed E-state index contributed by atoms with van der Waals surface area (Å²) in [6.45, 7) is 2.38. The fraction of sp³-hybridized carbons (Fsp3) is 0.400. The van der Waals surface area contributed by atoms with Gasteiger partial charge in [0.15, 0.2) is 0 Å². The van der Waals surface area contributed by atoms with Gasteiger partial charge in [0.25, 0.3) is 5.69 Å². The van der Waals surface area contributed by atoms with E-state index in [1.165, 1.54) is 6.07 Å². The lowest BCUT2D eigenvalue weighted by Gasteiger charge is -2.11. The van der Waals surface area contributed by atoms with E-state index in [-0.39, 0.29) is 11.6 Å². The number of nitro groups is 1. The van der Waals surface area contributed by atoms with Crippen molar-refractivity contribution in [1.29, 1.82) is 0 Å². The summed E-state index contributed by atoms with van der Waals surface area (Å²) in [7, 11) is 0. The van der Waals surface area contributed by atoms with Crippen LogP contribution in [0.3, 0.4) is 0 Å². The van der Waals surface area contributed by atoms with Gasteiger partial charge in [0.1, 0.15) is 10.2 Å². The molecule has 0 aliphatic carbocycles. The zero-order valence-corrected chi connectivity index (χ0v) is 11.0. The smallest absolute Gasteiger partial charge is 0.287 e. The molecule has 0 saturated carbocycles. The molecule has 0 heterocycles. The van der Waals surface area contributed by atoms with Crippen LogP contribution in [0.4, 0.5) is 5.69 Å². The van der Waals surface area contributed by atoms with Crippen molar-refractivity contribution in [2.24, 2.45) is 5.92 Å². The van der Waals surface area contributed by atoms with Crippen LogP contribution in [-0.2, 0) is 0 Å². The third-order valence-electron chi connectivity index (χ3n) is 1.93. The Bertz CT molecular complexity index is 386. The molecule has 0 fully saturated rings. The maximum Gasteiger partial charge on any atom is 0.287 e. The van der Waals surface area contributed by atoms with Crippen LogP contribution in [0.2, 0.25) is 0 Å². The number of alkyl halides is 1.